The van der Waals surface area contributed by atoms with E-state index in [2.05, 4.69) is 15.3 Å². The minimum atomic E-state index is -4.11. The van der Waals surface area contributed by atoms with Gasteiger partial charge in [0.15, 0.2) is 0 Å². The molecular formula is C11H18N4O7S. The maximum absolute atomic E-state index is 11.9. The summed E-state index contributed by atoms with van der Waals surface area (Å²) < 4.78 is 44.9. The third kappa shape index (κ3) is 5.50. The molecule has 1 aromatic heterocycles. The van der Waals surface area contributed by atoms with Gasteiger partial charge in [-0.1, -0.05) is 0 Å². The first-order valence-electron chi connectivity index (χ1n) is 6.17. The van der Waals surface area contributed by atoms with E-state index in [1.807, 2.05) is 0 Å². The van der Waals surface area contributed by atoms with E-state index in [1.165, 1.54) is 34.5 Å². The van der Waals surface area contributed by atoms with Crippen molar-refractivity contribution >= 4 is 22.0 Å². The number of amides is 2. The first kappa shape index (κ1) is 18.9. The van der Waals surface area contributed by atoms with Crippen LogP contribution in [0.5, 0.6) is 11.8 Å². The Morgan fingerprint density at radius 1 is 1.17 bits per heavy atom. The van der Waals surface area contributed by atoms with Crippen LogP contribution in [0.1, 0.15) is 0 Å². The highest BCUT2D eigenvalue weighted by Gasteiger charge is 2.27. The second-order valence-electron chi connectivity index (χ2n) is 4.00. The average molecular weight is 350 g/mol. The molecule has 11 nitrogen and oxygen atoms in total. The smallest absolute Gasteiger partial charge is 0.335 e. The van der Waals surface area contributed by atoms with Gasteiger partial charge in [-0.05, 0) is 0 Å². The van der Waals surface area contributed by atoms with Crippen molar-refractivity contribution < 1.29 is 32.2 Å². The summed E-state index contributed by atoms with van der Waals surface area (Å²) in [5, 5.41) is 2.16. The molecule has 0 aliphatic carbocycles. The summed E-state index contributed by atoms with van der Waals surface area (Å²) in [6.45, 7) is -0.247. The number of ether oxygens (including phenoxy) is 4. The SMILES string of the molecule is COCC(OC)S(=O)(=O)NC(=O)Nc1nc(OC)cc(OC)n1. The maximum atomic E-state index is 11.9. The topological polar surface area (TPSA) is 138 Å². The van der Waals surface area contributed by atoms with Gasteiger partial charge < -0.3 is 18.9 Å². The number of rotatable bonds is 8. The number of nitrogens with zero attached hydrogens (tertiary/aromatic N) is 2. The first-order chi connectivity index (χ1) is 10.9. The number of urea groups is 1. The molecular weight excluding hydrogens is 332 g/mol. The largest absolute Gasteiger partial charge is 0.481 e. The first-order valence-corrected chi connectivity index (χ1v) is 7.72. The zero-order chi connectivity index (χ0) is 17.5. The predicted octanol–water partition coefficient (Wildman–Crippen LogP) is -0.436. The number of aromatic nitrogens is 2. The molecule has 12 heteroatoms. The van der Waals surface area contributed by atoms with Crippen molar-refractivity contribution in [1.29, 1.82) is 0 Å². The lowest BCUT2D eigenvalue weighted by atomic mass is 10.6. The van der Waals surface area contributed by atoms with E-state index in [1.54, 1.807) is 4.72 Å². The number of anilines is 1. The van der Waals surface area contributed by atoms with Crippen molar-refractivity contribution in [3.8, 4) is 11.8 Å². The lowest BCUT2D eigenvalue weighted by Gasteiger charge is -2.15. The maximum Gasteiger partial charge on any atom is 0.335 e. The van der Waals surface area contributed by atoms with Crippen LogP contribution in [0.2, 0.25) is 0 Å². The molecule has 0 saturated carbocycles. The van der Waals surface area contributed by atoms with Crippen molar-refractivity contribution in [2.75, 3.05) is 40.4 Å². The lowest BCUT2D eigenvalue weighted by molar-refractivity contribution is 0.0747. The Balaban J connectivity index is 2.84. The van der Waals surface area contributed by atoms with Crippen molar-refractivity contribution in [3.05, 3.63) is 6.07 Å². The summed E-state index contributed by atoms with van der Waals surface area (Å²) in [6.07, 6.45) is 0. The van der Waals surface area contributed by atoms with Gasteiger partial charge in [0.1, 0.15) is 0 Å². The summed E-state index contributed by atoms with van der Waals surface area (Å²) >= 11 is 0. The quantitative estimate of drug-likeness (QED) is 0.639. The van der Waals surface area contributed by atoms with Crippen LogP contribution in [0, 0.1) is 0 Å². The number of nitrogens with one attached hydrogen (secondary N) is 2. The fourth-order valence-electron chi connectivity index (χ4n) is 1.41. The van der Waals surface area contributed by atoms with E-state index in [9.17, 15) is 13.2 Å². The summed E-state index contributed by atoms with van der Waals surface area (Å²) in [5.41, 5.74) is -1.35. The second-order valence-corrected chi connectivity index (χ2v) is 5.82. The van der Waals surface area contributed by atoms with Crippen LogP contribution in [0.25, 0.3) is 0 Å². The van der Waals surface area contributed by atoms with E-state index in [0.29, 0.717) is 0 Å². The number of carbonyl (C=O) groups is 1. The van der Waals surface area contributed by atoms with Crippen LogP contribution in [0.15, 0.2) is 6.07 Å². The van der Waals surface area contributed by atoms with Gasteiger partial charge in [-0.3, -0.25) is 5.32 Å². The zero-order valence-electron chi connectivity index (χ0n) is 13.0. The Kier molecular flexibility index (Phi) is 6.93. The molecule has 1 atom stereocenters. The molecule has 1 heterocycles. The van der Waals surface area contributed by atoms with Gasteiger partial charge in [-0.25, -0.2) is 17.9 Å². The Hall–Kier alpha value is -2.18. The van der Waals surface area contributed by atoms with Crippen LogP contribution < -0.4 is 19.5 Å². The molecule has 2 amide bonds. The fourth-order valence-corrected chi connectivity index (χ4v) is 2.42. The highest BCUT2D eigenvalue weighted by molar-refractivity contribution is 7.90. The molecule has 1 aromatic rings. The lowest BCUT2D eigenvalue weighted by Crippen LogP contribution is -2.43. The minimum Gasteiger partial charge on any atom is -0.481 e. The Labute approximate surface area is 133 Å². The molecule has 0 fully saturated rings. The molecule has 2 N–H and O–H groups in total. The van der Waals surface area contributed by atoms with Gasteiger partial charge in [0.05, 0.1) is 26.9 Å². The highest BCUT2D eigenvalue weighted by Crippen LogP contribution is 2.17. The van der Waals surface area contributed by atoms with Crippen molar-refractivity contribution in [1.82, 2.24) is 14.7 Å². The Bertz CT molecular complexity index is 615. The molecule has 23 heavy (non-hydrogen) atoms. The van der Waals surface area contributed by atoms with Crippen LogP contribution in [-0.4, -0.2) is 64.9 Å². The molecule has 0 radical (unpaired) electrons. The Morgan fingerprint density at radius 3 is 2.17 bits per heavy atom. The van der Waals surface area contributed by atoms with E-state index >= 15 is 0 Å². The number of hydrogen-bond donors (Lipinski definition) is 2. The van der Waals surface area contributed by atoms with Gasteiger partial charge in [-0.15, -0.1) is 0 Å². The normalized spacial score (nSPS) is 12.3. The molecule has 0 aromatic carbocycles. The zero-order valence-corrected chi connectivity index (χ0v) is 13.8. The van der Waals surface area contributed by atoms with Gasteiger partial charge in [0.2, 0.25) is 23.1 Å². The minimum absolute atomic E-state index is 0.129. The van der Waals surface area contributed by atoms with Gasteiger partial charge in [0, 0.05) is 14.2 Å². The molecule has 0 aliphatic heterocycles. The monoisotopic (exact) mass is 350 g/mol. The van der Waals surface area contributed by atoms with Crippen LogP contribution >= 0.6 is 0 Å². The molecule has 1 unspecified atom stereocenters. The standard InChI is InChI=1S/C11H18N4O7S/c1-19-6-9(22-4)23(17,18)15-11(16)14-10-12-7(20-2)5-8(13-10)21-3/h5,9H,6H2,1-4H3,(H2,12,13,14,15,16). The third-order valence-corrected chi connectivity index (χ3v) is 3.96. The van der Waals surface area contributed by atoms with E-state index < -0.39 is 21.5 Å². The van der Waals surface area contributed by atoms with Crippen molar-refractivity contribution in [2.45, 2.75) is 5.44 Å². The summed E-state index contributed by atoms with van der Waals surface area (Å²) in [5.74, 6) is 0.0583. The third-order valence-electron chi connectivity index (χ3n) is 2.47. The molecule has 0 spiro atoms. The van der Waals surface area contributed by atoms with Gasteiger partial charge in [0.25, 0.3) is 10.0 Å². The number of methoxy groups -OCH3 is 4. The van der Waals surface area contributed by atoms with E-state index in [0.717, 1.165) is 0 Å². The number of hydrogen-bond acceptors (Lipinski definition) is 9. The second kappa shape index (κ2) is 8.45. The molecule has 0 bridgehead atoms. The number of carbonyl (C=O) groups excluding carboxylic acids is 1. The van der Waals surface area contributed by atoms with Crippen molar-refractivity contribution in [3.63, 3.8) is 0 Å². The molecule has 130 valence electrons. The van der Waals surface area contributed by atoms with E-state index in [-0.39, 0.29) is 24.3 Å². The highest BCUT2D eigenvalue weighted by atomic mass is 32.2. The summed E-state index contributed by atoms with van der Waals surface area (Å²) in [4.78, 5) is 19.5. The predicted molar refractivity (Wildman–Crippen MR) is 78.9 cm³/mol. The van der Waals surface area contributed by atoms with Gasteiger partial charge >= 0.3 is 6.03 Å². The van der Waals surface area contributed by atoms with Gasteiger partial charge in [-0.2, -0.15) is 9.97 Å². The Morgan fingerprint density at radius 2 is 1.74 bits per heavy atom. The average Bonchev–Trinajstić information content (AvgIpc) is 2.51. The summed E-state index contributed by atoms with van der Waals surface area (Å²) in [7, 11) is 1.10. The summed E-state index contributed by atoms with van der Waals surface area (Å²) in [6, 6.07) is 0.317. The molecule has 0 aliphatic rings. The molecule has 1 rings (SSSR count). The van der Waals surface area contributed by atoms with E-state index in [4.69, 9.17) is 18.9 Å². The fraction of sp³-hybridized carbons (Fsp3) is 0.545. The van der Waals surface area contributed by atoms with Crippen LogP contribution in [-0.2, 0) is 19.5 Å². The van der Waals surface area contributed by atoms with Crippen LogP contribution in [0.3, 0.4) is 0 Å². The van der Waals surface area contributed by atoms with Crippen LogP contribution in [0.4, 0.5) is 10.7 Å². The number of sulfonamides is 1. The van der Waals surface area contributed by atoms with Crippen molar-refractivity contribution in [2.24, 2.45) is 0 Å². The molecule has 0 saturated heterocycles.